The van der Waals surface area contributed by atoms with Crippen LogP contribution in [0.5, 0.6) is 0 Å². The molecule has 0 saturated carbocycles. The van der Waals surface area contributed by atoms with Crippen LogP contribution < -0.4 is 5.73 Å². The number of nitrogens with zero attached hydrogens (tertiary/aromatic N) is 2. The molecule has 0 aliphatic rings. The highest BCUT2D eigenvalue weighted by molar-refractivity contribution is 6.30. The SMILES string of the molecule is CC(O)(CN)Cc1nc(Cc2ccc(Cl)cc2)no1. The second kappa shape index (κ2) is 5.69. The van der Waals surface area contributed by atoms with E-state index in [4.69, 9.17) is 21.9 Å². The second-order valence-corrected chi connectivity index (χ2v) is 5.22. The van der Waals surface area contributed by atoms with E-state index in [-0.39, 0.29) is 13.0 Å². The Morgan fingerprint density at radius 2 is 2.05 bits per heavy atom. The zero-order valence-corrected chi connectivity index (χ0v) is 11.4. The van der Waals surface area contributed by atoms with E-state index < -0.39 is 5.60 Å². The van der Waals surface area contributed by atoms with Gasteiger partial charge in [0, 0.05) is 18.0 Å². The molecule has 1 aromatic heterocycles. The van der Waals surface area contributed by atoms with Gasteiger partial charge in [0.15, 0.2) is 5.82 Å². The summed E-state index contributed by atoms with van der Waals surface area (Å²) in [6, 6.07) is 7.46. The maximum atomic E-state index is 9.84. The lowest BCUT2D eigenvalue weighted by Gasteiger charge is -2.17. The maximum absolute atomic E-state index is 9.84. The number of rotatable bonds is 5. The summed E-state index contributed by atoms with van der Waals surface area (Å²) in [5.41, 5.74) is 5.47. The van der Waals surface area contributed by atoms with Gasteiger partial charge < -0.3 is 15.4 Å². The number of aliphatic hydroxyl groups is 1. The molecular weight excluding hydrogens is 266 g/mol. The highest BCUT2D eigenvalue weighted by Crippen LogP contribution is 2.14. The number of hydrogen-bond acceptors (Lipinski definition) is 5. The molecule has 1 aromatic carbocycles. The molecule has 0 aliphatic heterocycles. The van der Waals surface area contributed by atoms with E-state index in [1.807, 2.05) is 24.3 Å². The van der Waals surface area contributed by atoms with Crippen LogP contribution in [-0.2, 0) is 12.8 Å². The van der Waals surface area contributed by atoms with E-state index in [9.17, 15) is 5.11 Å². The molecule has 2 rings (SSSR count). The van der Waals surface area contributed by atoms with Crippen molar-refractivity contribution in [3.05, 3.63) is 46.6 Å². The average molecular weight is 282 g/mol. The summed E-state index contributed by atoms with van der Waals surface area (Å²) in [6.07, 6.45) is 0.808. The van der Waals surface area contributed by atoms with Crippen LogP contribution in [0, 0.1) is 0 Å². The van der Waals surface area contributed by atoms with Crippen LogP contribution in [0.1, 0.15) is 24.2 Å². The molecule has 0 spiro atoms. The molecule has 0 fully saturated rings. The third-order valence-corrected chi connectivity index (χ3v) is 3.01. The lowest BCUT2D eigenvalue weighted by Crippen LogP contribution is -2.36. The molecule has 3 N–H and O–H groups in total. The van der Waals surface area contributed by atoms with Crippen LogP contribution in [0.3, 0.4) is 0 Å². The number of aromatic nitrogens is 2. The third-order valence-electron chi connectivity index (χ3n) is 2.76. The summed E-state index contributed by atoms with van der Waals surface area (Å²) in [6.45, 7) is 1.78. The standard InChI is InChI=1S/C13H16ClN3O2/c1-13(18,8-15)7-12-16-11(17-19-12)6-9-2-4-10(14)5-3-9/h2-5,18H,6-8,15H2,1H3. The maximum Gasteiger partial charge on any atom is 0.229 e. The van der Waals surface area contributed by atoms with Crippen LogP contribution in [0.4, 0.5) is 0 Å². The first-order valence-corrected chi connectivity index (χ1v) is 6.35. The summed E-state index contributed by atoms with van der Waals surface area (Å²) in [7, 11) is 0. The van der Waals surface area contributed by atoms with E-state index in [0.717, 1.165) is 5.56 Å². The van der Waals surface area contributed by atoms with E-state index in [1.165, 1.54) is 0 Å². The van der Waals surface area contributed by atoms with Crippen LogP contribution in [-0.4, -0.2) is 27.4 Å². The van der Waals surface area contributed by atoms with Gasteiger partial charge in [0.2, 0.25) is 5.89 Å². The van der Waals surface area contributed by atoms with E-state index in [1.54, 1.807) is 6.92 Å². The van der Waals surface area contributed by atoms with Gasteiger partial charge in [0.05, 0.1) is 12.0 Å². The lowest BCUT2D eigenvalue weighted by molar-refractivity contribution is 0.0610. The van der Waals surface area contributed by atoms with Crippen molar-refractivity contribution in [1.82, 2.24) is 10.1 Å². The number of nitrogens with two attached hydrogens (primary N) is 1. The second-order valence-electron chi connectivity index (χ2n) is 4.79. The van der Waals surface area contributed by atoms with Gasteiger partial charge in [-0.3, -0.25) is 0 Å². The first kappa shape index (κ1) is 14.0. The van der Waals surface area contributed by atoms with Gasteiger partial charge in [-0.15, -0.1) is 0 Å². The van der Waals surface area contributed by atoms with Crippen molar-refractivity contribution < 1.29 is 9.63 Å². The van der Waals surface area contributed by atoms with Gasteiger partial charge in [-0.25, -0.2) is 0 Å². The molecule has 1 heterocycles. The highest BCUT2D eigenvalue weighted by Gasteiger charge is 2.22. The number of benzene rings is 1. The average Bonchev–Trinajstić information content (AvgIpc) is 2.79. The predicted molar refractivity (Wildman–Crippen MR) is 71.9 cm³/mol. The Labute approximate surface area is 116 Å². The molecule has 0 amide bonds. The highest BCUT2D eigenvalue weighted by atomic mass is 35.5. The van der Waals surface area contributed by atoms with Crippen LogP contribution in [0.2, 0.25) is 5.02 Å². The molecule has 102 valence electrons. The molecule has 0 radical (unpaired) electrons. The monoisotopic (exact) mass is 281 g/mol. The smallest absolute Gasteiger partial charge is 0.229 e. The Balaban J connectivity index is 2.03. The Kier molecular flexibility index (Phi) is 4.19. The molecule has 0 aliphatic carbocycles. The van der Waals surface area contributed by atoms with E-state index >= 15 is 0 Å². The van der Waals surface area contributed by atoms with Crippen LogP contribution in [0.15, 0.2) is 28.8 Å². The molecule has 5 nitrogen and oxygen atoms in total. The fourth-order valence-electron chi connectivity index (χ4n) is 1.62. The van der Waals surface area contributed by atoms with Crippen LogP contribution >= 0.6 is 11.6 Å². The molecule has 2 aromatic rings. The normalized spacial score (nSPS) is 14.3. The molecule has 6 heteroatoms. The first-order valence-electron chi connectivity index (χ1n) is 5.97. The van der Waals surface area contributed by atoms with E-state index in [0.29, 0.717) is 23.2 Å². The minimum Gasteiger partial charge on any atom is -0.388 e. The lowest BCUT2D eigenvalue weighted by atomic mass is 10.0. The van der Waals surface area contributed by atoms with Crippen molar-refractivity contribution in [1.29, 1.82) is 0 Å². The first-order chi connectivity index (χ1) is 8.98. The Morgan fingerprint density at radius 3 is 2.68 bits per heavy atom. The summed E-state index contributed by atoms with van der Waals surface area (Å²) in [5, 5.41) is 14.4. The van der Waals surface area contributed by atoms with Gasteiger partial charge in [-0.1, -0.05) is 28.9 Å². The number of halogens is 1. The quantitative estimate of drug-likeness (QED) is 0.869. The van der Waals surface area contributed by atoms with Crippen molar-refractivity contribution in [3.63, 3.8) is 0 Å². The van der Waals surface area contributed by atoms with Crippen molar-refractivity contribution in [2.24, 2.45) is 5.73 Å². The molecule has 0 bridgehead atoms. The van der Waals surface area contributed by atoms with Crippen LogP contribution in [0.25, 0.3) is 0 Å². The Morgan fingerprint density at radius 1 is 1.37 bits per heavy atom. The minimum absolute atomic E-state index is 0.141. The summed E-state index contributed by atoms with van der Waals surface area (Å²) in [5.74, 6) is 0.963. The van der Waals surface area contributed by atoms with Gasteiger partial charge in [0.25, 0.3) is 0 Å². The van der Waals surface area contributed by atoms with Gasteiger partial charge in [-0.05, 0) is 24.6 Å². The predicted octanol–water partition coefficient (Wildman–Crippen LogP) is 1.57. The van der Waals surface area contributed by atoms with Crippen molar-refractivity contribution in [2.75, 3.05) is 6.54 Å². The summed E-state index contributed by atoms with van der Waals surface area (Å²) >= 11 is 5.82. The molecule has 1 atom stereocenters. The van der Waals surface area contributed by atoms with Gasteiger partial charge >= 0.3 is 0 Å². The topological polar surface area (TPSA) is 85.2 Å². The summed E-state index contributed by atoms with van der Waals surface area (Å²) in [4.78, 5) is 4.23. The fourth-order valence-corrected chi connectivity index (χ4v) is 1.74. The molecular formula is C13H16ClN3O2. The number of hydrogen-bond donors (Lipinski definition) is 2. The minimum atomic E-state index is -1.02. The van der Waals surface area contributed by atoms with Crippen molar-refractivity contribution in [2.45, 2.75) is 25.4 Å². The summed E-state index contributed by atoms with van der Waals surface area (Å²) < 4.78 is 5.10. The zero-order chi connectivity index (χ0) is 13.9. The zero-order valence-electron chi connectivity index (χ0n) is 10.6. The van der Waals surface area contributed by atoms with E-state index in [2.05, 4.69) is 10.1 Å². The van der Waals surface area contributed by atoms with Crippen molar-refractivity contribution in [3.8, 4) is 0 Å². The molecule has 0 saturated heterocycles. The largest absolute Gasteiger partial charge is 0.388 e. The molecule has 1 unspecified atom stereocenters. The van der Waals surface area contributed by atoms with Gasteiger partial charge in [-0.2, -0.15) is 4.98 Å². The van der Waals surface area contributed by atoms with Gasteiger partial charge in [0.1, 0.15) is 0 Å². The Hall–Kier alpha value is -1.43. The Bertz CT molecular complexity index is 537. The van der Waals surface area contributed by atoms with Crippen molar-refractivity contribution >= 4 is 11.6 Å². The third kappa shape index (κ3) is 4.02. The molecule has 19 heavy (non-hydrogen) atoms. The fraction of sp³-hybridized carbons (Fsp3) is 0.385.